The molecule has 3 nitrogen and oxygen atoms in total. The fourth-order valence-corrected chi connectivity index (χ4v) is 1.12. The van der Waals surface area contributed by atoms with E-state index >= 15 is 0 Å². The van der Waals surface area contributed by atoms with E-state index in [0.29, 0.717) is 11.5 Å². The molecule has 0 aromatic carbocycles. The van der Waals surface area contributed by atoms with E-state index in [1.54, 1.807) is 6.92 Å². The summed E-state index contributed by atoms with van der Waals surface area (Å²) in [6.45, 7) is 3.26. The summed E-state index contributed by atoms with van der Waals surface area (Å²) in [5.74, 6) is 0.0550. The molecule has 0 aliphatic carbocycles. The van der Waals surface area contributed by atoms with E-state index in [-0.39, 0.29) is 5.91 Å². The molecule has 1 aliphatic rings. The quantitative estimate of drug-likeness (QED) is 0.589. The number of carbonyl (C=O) groups excluding carboxylic acids is 1. The number of rotatable bonds is 2. The molecule has 0 aromatic heterocycles. The summed E-state index contributed by atoms with van der Waals surface area (Å²) < 4.78 is 5.14. The molecule has 1 unspecified atom stereocenters. The smallest absolute Gasteiger partial charge is 0.244 e. The molecule has 1 saturated heterocycles. The van der Waals surface area contributed by atoms with E-state index in [1.165, 1.54) is 0 Å². The summed E-state index contributed by atoms with van der Waals surface area (Å²) in [4.78, 5) is 10.6. The Morgan fingerprint density at radius 3 is 2.91 bits per heavy atom. The molecule has 11 heavy (non-hydrogen) atoms. The first-order valence-electron chi connectivity index (χ1n) is 3.76. The Labute approximate surface area is 66.2 Å². The van der Waals surface area contributed by atoms with Crippen molar-refractivity contribution in [2.24, 2.45) is 11.7 Å². The van der Waals surface area contributed by atoms with Crippen LogP contribution in [0.5, 0.6) is 0 Å². The first kappa shape index (κ1) is 8.27. The summed E-state index contributed by atoms with van der Waals surface area (Å²) >= 11 is 0. The highest BCUT2D eigenvalue weighted by Gasteiger charge is 2.13. The van der Waals surface area contributed by atoms with Crippen LogP contribution in [0.25, 0.3) is 0 Å². The van der Waals surface area contributed by atoms with Crippen molar-refractivity contribution in [1.29, 1.82) is 0 Å². The minimum Gasteiger partial charge on any atom is -0.381 e. The van der Waals surface area contributed by atoms with Crippen LogP contribution in [-0.2, 0) is 9.53 Å². The molecule has 0 saturated carbocycles. The van der Waals surface area contributed by atoms with Crippen LogP contribution in [0, 0.1) is 5.92 Å². The SMILES string of the molecule is C/C(=C\C1CCOC1)C(N)=O. The number of primary amides is 1. The van der Waals surface area contributed by atoms with Crippen LogP contribution in [0.1, 0.15) is 13.3 Å². The third-order valence-electron chi connectivity index (χ3n) is 1.84. The van der Waals surface area contributed by atoms with E-state index in [1.807, 2.05) is 6.08 Å². The molecule has 0 spiro atoms. The summed E-state index contributed by atoms with van der Waals surface area (Å²) in [6, 6.07) is 0. The Balaban J connectivity index is 2.49. The minimum absolute atomic E-state index is 0.336. The van der Waals surface area contributed by atoms with E-state index in [2.05, 4.69) is 0 Å². The lowest BCUT2D eigenvalue weighted by Crippen LogP contribution is -2.13. The molecule has 1 amide bonds. The maximum Gasteiger partial charge on any atom is 0.244 e. The van der Waals surface area contributed by atoms with Crippen LogP contribution in [0.4, 0.5) is 0 Å². The predicted octanol–water partition coefficient (Wildman–Crippen LogP) is 0.455. The van der Waals surface area contributed by atoms with Gasteiger partial charge in [0.05, 0.1) is 6.61 Å². The van der Waals surface area contributed by atoms with Gasteiger partial charge in [0.2, 0.25) is 5.91 Å². The van der Waals surface area contributed by atoms with Gasteiger partial charge >= 0.3 is 0 Å². The van der Waals surface area contributed by atoms with Crippen LogP contribution in [0.3, 0.4) is 0 Å². The van der Waals surface area contributed by atoms with Gasteiger partial charge in [0.15, 0.2) is 0 Å². The van der Waals surface area contributed by atoms with Crippen molar-refractivity contribution in [2.75, 3.05) is 13.2 Å². The number of carbonyl (C=O) groups is 1. The molecule has 0 bridgehead atoms. The maximum absolute atomic E-state index is 10.6. The largest absolute Gasteiger partial charge is 0.381 e. The number of hydrogen-bond donors (Lipinski definition) is 1. The summed E-state index contributed by atoms with van der Waals surface area (Å²) in [5.41, 5.74) is 5.71. The highest BCUT2D eigenvalue weighted by atomic mass is 16.5. The van der Waals surface area contributed by atoms with E-state index in [4.69, 9.17) is 10.5 Å². The lowest BCUT2D eigenvalue weighted by atomic mass is 10.1. The monoisotopic (exact) mass is 155 g/mol. The molecule has 1 heterocycles. The average Bonchev–Trinajstić information content (AvgIpc) is 2.39. The Hall–Kier alpha value is -0.830. The van der Waals surface area contributed by atoms with E-state index < -0.39 is 0 Å². The first-order valence-corrected chi connectivity index (χ1v) is 3.76. The summed E-state index contributed by atoms with van der Waals surface area (Å²) in [5, 5.41) is 0. The number of hydrogen-bond acceptors (Lipinski definition) is 2. The van der Waals surface area contributed by atoms with Crippen LogP contribution < -0.4 is 5.73 Å². The lowest BCUT2D eigenvalue weighted by Gasteiger charge is -2.00. The second kappa shape index (κ2) is 3.53. The maximum atomic E-state index is 10.6. The molecule has 0 aromatic rings. The Kier molecular flexibility index (Phi) is 2.65. The molecule has 1 fully saturated rings. The molecule has 2 N–H and O–H groups in total. The normalized spacial score (nSPS) is 25.5. The summed E-state index contributed by atoms with van der Waals surface area (Å²) in [6.07, 6.45) is 2.90. The Bertz CT molecular complexity index is 181. The fraction of sp³-hybridized carbons (Fsp3) is 0.625. The van der Waals surface area contributed by atoms with Crippen LogP contribution >= 0.6 is 0 Å². The average molecular weight is 155 g/mol. The van der Waals surface area contributed by atoms with E-state index in [0.717, 1.165) is 19.6 Å². The second-order valence-corrected chi connectivity index (χ2v) is 2.84. The van der Waals surface area contributed by atoms with Gasteiger partial charge in [-0.1, -0.05) is 6.08 Å². The molecule has 1 atom stereocenters. The lowest BCUT2D eigenvalue weighted by molar-refractivity contribution is -0.114. The zero-order valence-electron chi connectivity index (χ0n) is 6.67. The third kappa shape index (κ3) is 2.35. The standard InChI is InChI=1S/C8H13NO2/c1-6(8(9)10)4-7-2-3-11-5-7/h4,7H,2-3,5H2,1H3,(H2,9,10)/b6-4+. The Morgan fingerprint density at radius 1 is 1.73 bits per heavy atom. The zero-order chi connectivity index (χ0) is 8.27. The van der Waals surface area contributed by atoms with Crippen LogP contribution in [0.15, 0.2) is 11.6 Å². The summed E-state index contributed by atoms with van der Waals surface area (Å²) in [7, 11) is 0. The highest BCUT2D eigenvalue weighted by molar-refractivity contribution is 5.91. The van der Waals surface area contributed by atoms with Gasteiger partial charge in [-0.05, 0) is 13.3 Å². The number of nitrogens with two attached hydrogens (primary N) is 1. The number of amides is 1. The second-order valence-electron chi connectivity index (χ2n) is 2.84. The van der Waals surface area contributed by atoms with Gasteiger partial charge in [-0.2, -0.15) is 0 Å². The van der Waals surface area contributed by atoms with Gasteiger partial charge in [0, 0.05) is 18.1 Å². The number of ether oxygens (including phenoxy) is 1. The molecule has 62 valence electrons. The van der Waals surface area contributed by atoms with Gasteiger partial charge in [0.1, 0.15) is 0 Å². The fourth-order valence-electron chi connectivity index (χ4n) is 1.12. The topological polar surface area (TPSA) is 52.3 Å². The highest BCUT2D eigenvalue weighted by Crippen LogP contribution is 2.15. The molecule has 3 heteroatoms. The molecule has 0 radical (unpaired) electrons. The van der Waals surface area contributed by atoms with Gasteiger partial charge in [-0.15, -0.1) is 0 Å². The van der Waals surface area contributed by atoms with Crippen molar-refractivity contribution >= 4 is 5.91 Å². The van der Waals surface area contributed by atoms with Gasteiger partial charge < -0.3 is 10.5 Å². The van der Waals surface area contributed by atoms with Gasteiger partial charge in [-0.25, -0.2) is 0 Å². The first-order chi connectivity index (χ1) is 5.20. The van der Waals surface area contributed by atoms with Crippen molar-refractivity contribution in [1.82, 2.24) is 0 Å². The van der Waals surface area contributed by atoms with Crippen molar-refractivity contribution < 1.29 is 9.53 Å². The van der Waals surface area contributed by atoms with Crippen molar-refractivity contribution in [3.05, 3.63) is 11.6 Å². The van der Waals surface area contributed by atoms with Gasteiger partial charge in [0.25, 0.3) is 0 Å². The van der Waals surface area contributed by atoms with Crippen molar-refractivity contribution in [3.63, 3.8) is 0 Å². The van der Waals surface area contributed by atoms with Crippen molar-refractivity contribution in [3.8, 4) is 0 Å². The molecular formula is C8H13NO2. The minimum atomic E-state index is -0.336. The molecular weight excluding hydrogens is 142 g/mol. The zero-order valence-corrected chi connectivity index (χ0v) is 6.67. The third-order valence-corrected chi connectivity index (χ3v) is 1.84. The molecule has 1 rings (SSSR count). The van der Waals surface area contributed by atoms with Gasteiger partial charge in [-0.3, -0.25) is 4.79 Å². The van der Waals surface area contributed by atoms with E-state index in [9.17, 15) is 4.79 Å². The predicted molar refractivity (Wildman–Crippen MR) is 41.9 cm³/mol. The Morgan fingerprint density at radius 2 is 2.45 bits per heavy atom. The molecule has 1 aliphatic heterocycles. The van der Waals surface area contributed by atoms with Crippen LogP contribution in [-0.4, -0.2) is 19.1 Å². The van der Waals surface area contributed by atoms with Crippen LogP contribution in [0.2, 0.25) is 0 Å². The van der Waals surface area contributed by atoms with Crippen molar-refractivity contribution in [2.45, 2.75) is 13.3 Å².